The van der Waals surface area contributed by atoms with Crippen molar-refractivity contribution in [3.05, 3.63) is 42.2 Å². The molecular formula is C14H16N4O. The van der Waals surface area contributed by atoms with Crippen molar-refractivity contribution in [3.8, 4) is 11.8 Å². The fourth-order valence-electron chi connectivity index (χ4n) is 1.77. The first-order valence-electron chi connectivity index (χ1n) is 6.18. The van der Waals surface area contributed by atoms with E-state index in [-0.39, 0.29) is 6.61 Å². The molecule has 0 amide bonds. The summed E-state index contributed by atoms with van der Waals surface area (Å²) < 4.78 is 7.15. The van der Waals surface area contributed by atoms with Gasteiger partial charge in [-0.3, -0.25) is 4.68 Å². The predicted octanol–water partition coefficient (Wildman–Crippen LogP) is 2.42. The summed E-state index contributed by atoms with van der Waals surface area (Å²) >= 11 is 0. The minimum Gasteiger partial charge on any atom is -0.479 e. The van der Waals surface area contributed by atoms with Gasteiger partial charge in [-0.2, -0.15) is 10.4 Å². The lowest BCUT2D eigenvalue weighted by Crippen LogP contribution is -2.07. The zero-order valence-electron chi connectivity index (χ0n) is 10.8. The summed E-state index contributed by atoms with van der Waals surface area (Å²) in [6.07, 6.45) is 1.80. The normalized spacial score (nSPS) is 9.89. The largest absolute Gasteiger partial charge is 0.479 e. The molecule has 0 atom stereocenters. The van der Waals surface area contributed by atoms with Gasteiger partial charge in [-0.15, -0.1) is 0 Å². The predicted molar refractivity (Wildman–Crippen MR) is 72.8 cm³/mol. The molecule has 0 saturated heterocycles. The smallest absolute Gasteiger partial charge is 0.174 e. The standard InChI is InChI=1S/C14H16N4O/c1-2-18-13(7-9-17-18)11-16-12-3-5-14(6-4-12)19-10-8-15/h3-7,9,16H,2,10-11H2,1H3. The second kappa shape index (κ2) is 6.45. The Hall–Kier alpha value is -2.48. The van der Waals surface area contributed by atoms with E-state index in [1.165, 1.54) is 0 Å². The van der Waals surface area contributed by atoms with Crippen molar-refractivity contribution < 1.29 is 4.74 Å². The SMILES string of the molecule is CCn1nccc1CNc1ccc(OCC#N)cc1. The number of rotatable bonds is 6. The fraction of sp³-hybridized carbons (Fsp3) is 0.286. The molecule has 5 heteroatoms. The third-order valence-corrected chi connectivity index (χ3v) is 2.74. The lowest BCUT2D eigenvalue weighted by molar-refractivity contribution is 0.368. The lowest BCUT2D eigenvalue weighted by Gasteiger charge is -2.09. The summed E-state index contributed by atoms with van der Waals surface area (Å²) in [5, 5.41) is 16.0. The molecule has 2 aromatic rings. The molecule has 0 saturated carbocycles. The van der Waals surface area contributed by atoms with Crippen LogP contribution in [-0.2, 0) is 13.1 Å². The maximum Gasteiger partial charge on any atom is 0.174 e. The van der Waals surface area contributed by atoms with Crippen LogP contribution >= 0.6 is 0 Å². The van der Waals surface area contributed by atoms with Gasteiger partial charge in [-0.05, 0) is 37.3 Å². The van der Waals surface area contributed by atoms with Crippen molar-refractivity contribution in [2.75, 3.05) is 11.9 Å². The molecule has 5 nitrogen and oxygen atoms in total. The molecular weight excluding hydrogens is 240 g/mol. The Bertz CT molecular complexity index is 554. The van der Waals surface area contributed by atoms with Crippen LogP contribution in [0, 0.1) is 11.3 Å². The van der Waals surface area contributed by atoms with Gasteiger partial charge in [-0.1, -0.05) is 0 Å². The van der Waals surface area contributed by atoms with Crippen LogP contribution in [0.3, 0.4) is 0 Å². The highest BCUT2D eigenvalue weighted by Gasteiger charge is 2.00. The van der Waals surface area contributed by atoms with E-state index < -0.39 is 0 Å². The fourth-order valence-corrected chi connectivity index (χ4v) is 1.77. The highest BCUT2D eigenvalue weighted by atomic mass is 16.5. The average molecular weight is 256 g/mol. The van der Waals surface area contributed by atoms with Crippen LogP contribution in [0.2, 0.25) is 0 Å². The highest BCUT2D eigenvalue weighted by molar-refractivity contribution is 5.46. The van der Waals surface area contributed by atoms with E-state index in [1.54, 1.807) is 6.20 Å². The van der Waals surface area contributed by atoms with Crippen LogP contribution in [-0.4, -0.2) is 16.4 Å². The molecule has 98 valence electrons. The molecule has 2 rings (SSSR count). The molecule has 19 heavy (non-hydrogen) atoms. The molecule has 0 radical (unpaired) electrons. The molecule has 0 aliphatic carbocycles. The van der Waals surface area contributed by atoms with Gasteiger partial charge in [0, 0.05) is 18.4 Å². The number of benzene rings is 1. The Kier molecular flexibility index (Phi) is 4.40. The minimum absolute atomic E-state index is 0.0719. The second-order valence-electron chi connectivity index (χ2n) is 3.96. The number of aromatic nitrogens is 2. The van der Waals surface area contributed by atoms with Crippen LogP contribution in [0.15, 0.2) is 36.5 Å². The highest BCUT2D eigenvalue weighted by Crippen LogP contribution is 2.16. The quantitative estimate of drug-likeness (QED) is 0.862. The van der Waals surface area contributed by atoms with Crippen molar-refractivity contribution in [2.45, 2.75) is 20.0 Å². The van der Waals surface area contributed by atoms with Crippen LogP contribution < -0.4 is 10.1 Å². The van der Waals surface area contributed by atoms with E-state index in [1.807, 2.05) is 41.1 Å². The first-order chi connectivity index (χ1) is 9.33. The number of hydrogen-bond donors (Lipinski definition) is 1. The molecule has 0 unspecified atom stereocenters. The third-order valence-electron chi connectivity index (χ3n) is 2.74. The zero-order chi connectivity index (χ0) is 13.5. The minimum atomic E-state index is 0.0719. The molecule has 0 aliphatic heterocycles. The summed E-state index contributed by atoms with van der Waals surface area (Å²) in [6.45, 7) is 3.73. The average Bonchev–Trinajstić information content (AvgIpc) is 2.91. The topological polar surface area (TPSA) is 62.9 Å². The number of anilines is 1. The van der Waals surface area contributed by atoms with E-state index in [9.17, 15) is 0 Å². The monoisotopic (exact) mass is 256 g/mol. The molecule has 1 aromatic carbocycles. The van der Waals surface area contributed by atoms with E-state index in [4.69, 9.17) is 10.00 Å². The van der Waals surface area contributed by atoms with E-state index in [0.717, 1.165) is 24.5 Å². The Morgan fingerprint density at radius 3 is 2.79 bits per heavy atom. The van der Waals surface area contributed by atoms with Gasteiger partial charge in [-0.25, -0.2) is 0 Å². The Morgan fingerprint density at radius 2 is 2.11 bits per heavy atom. The zero-order valence-corrected chi connectivity index (χ0v) is 10.8. The summed E-state index contributed by atoms with van der Waals surface area (Å²) in [6, 6.07) is 11.5. The van der Waals surface area contributed by atoms with E-state index in [0.29, 0.717) is 5.75 Å². The van der Waals surface area contributed by atoms with Gasteiger partial charge in [0.1, 0.15) is 11.8 Å². The molecule has 0 aliphatic rings. The van der Waals surface area contributed by atoms with Crippen molar-refractivity contribution in [3.63, 3.8) is 0 Å². The summed E-state index contributed by atoms with van der Waals surface area (Å²) in [5.74, 6) is 0.700. The van der Waals surface area contributed by atoms with Gasteiger partial charge < -0.3 is 10.1 Å². The Balaban J connectivity index is 1.91. The summed E-state index contributed by atoms with van der Waals surface area (Å²) in [4.78, 5) is 0. The first kappa shape index (κ1) is 13.0. The molecule has 0 spiro atoms. The maximum absolute atomic E-state index is 8.43. The van der Waals surface area contributed by atoms with E-state index in [2.05, 4.69) is 17.3 Å². The number of hydrogen-bond acceptors (Lipinski definition) is 4. The van der Waals surface area contributed by atoms with Crippen LogP contribution in [0.25, 0.3) is 0 Å². The third kappa shape index (κ3) is 3.49. The van der Waals surface area contributed by atoms with Crippen LogP contribution in [0.1, 0.15) is 12.6 Å². The van der Waals surface area contributed by atoms with Crippen molar-refractivity contribution in [1.82, 2.24) is 9.78 Å². The molecule has 0 bridgehead atoms. The van der Waals surface area contributed by atoms with Crippen molar-refractivity contribution in [2.24, 2.45) is 0 Å². The molecule has 1 heterocycles. The summed E-state index contributed by atoms with van der Waals surface area (Å²) in [7, 11) is 0. The van der Waals surface area contributed by atoms with Crippen molar-refractivity contribution in [1.29, 1.82) is 5.26 Å². The number of ether oxygens (including phenoxy) is 1. The first-order valence-corrected chi connectivity index (χ1v) is 6.18. The van der Waals surface area contributed by atoms with Crippen LogP contribution in [0.4, 0.5) is 5.69 Å². The number of aryl methyl sites for hydroxylation is 1. The Morgan fingerprint density at radius 1 is 1.32 bits per heavy atom. The van der Waals surface area contributed by atoms with Gasteiger partial charge >= 0.3 is 0 Å². The number of nitrogens with one attached hydrogen (secondary N) is 1. The van der Waals surface area contributed by atoms with E-state index >= 15 is 0 Å². The van der Waals surface area contributed by atoms with Crippen molar-refractivity contribution >= 4 is 5.69 Å². The van der Waals surface area contributed by atoms with Gasteiger partial charge in [0.15, 0.2) is 6.61 Å². The second-order valence-corrected chi connectivity index (χ2v) is 3.96. The number of nitriles is 1. The van der Waals surface area contributed by atoms with Gasteiger partial charge in [0.25, 0.3) is 0 Å². The molecule has 1 N–H and O–H groups in total. The molecule has 1 aromatic heterocycles. The lowest BCUT2D eigenvalue weighted by atomic mass is 10.3. The summed E-state index contributed by atoms with van der Waals surface area (Å²) in [5.41, 5.74) is 2.15. The van der Waals surface area contributed by atoms with Gasteiger partial charge in [0.05, 0.1) is 12.2 Å². The van der Waals surface area contributed by atoms with Crippen LogP contribution in [0.5, 0.6) is 5.75 Å². The van der Waals surface area contributed by atoms with Gasteiger partial charge in [0.2, 0.25) is 0 Å². The Labute approximate surface area is 112 Å². The number of nitrogens with zero attached hydrogens (tertiary/aromatic N) is 3. The maximum atomic E-state index is 8.43. The molecule has 0 fully saturated rings.